The number of piperazine rings is 1. The molecule has 1 aliphatic heterocycles. The van der Waals surface area contributed by atoms with Gasteiger partial charge in [0.15, 0.2) is 0 Å². The summed E-state index contributed by atoms with van der Waals surface area (Å²) in [7, 11) is 0. The van der Waals surface area contributed by atoms with Gasteiger partial charge in [-0.15, -0.1) is 11.3 Å². The minimum absolute atomic E-state index is 0.0384. The molecule has 1 saturated carbocycles. The van der Waals surface area contributed by atoms with Gasteiger partial charge in [-0.3, -0.25) is 14.3 Å². The van der Waals surface area contributed by atoms with Crippen LogP contribution in [0.25, 0.3) is 10.9 Å². The molecule has 0 spiro atoms. The fraction of sp³-hybridized carbons (Fsp3) is 0.500. The monoisotopic (exact) mass is 409 g/mol. The van der Waals surface area contributed by atoms with Gasteiger partial charge in [0.2, 0.25) is 0 Å². The van der Waals surface area contributed by atoms with Crippen LogP contribution in [0.4, 0.5) is 5.69 Å². The van der Waals surface area contributed by atoms with Crippen LogP contribution in [0.5, 0.6) is 0 Å². The second-order valence-corrected chi connectivity index (χ2v) is 9.60. The molecule has 29 heavy (non-hydrogen) atoms. The van der Waals surface area contributed by atoms with Crippen LogP contribution in [0.1, 0.15) is 48.5 Å². The van der Waals surface area contributed by atoms with Crippen molar-refractivity contribution in [2.75, 3.05) is 31.1 Å². The molecule has 1 saturated heterocycles. The predicted octanol–water partition coefficient (Wildman–Crippen LogP) is 3.63. The summed E-state index contributed by atoms with van der Waals surface area (Å²) in [4.78, 5) is 28.1. The van der Waals surface area contributed by atoms with E-state index in [0.29, 0.717) is 5.39 Å². The Labute approximate surface area is 174 Å². The average molecular weight is 410 g/mol. The Kier molecular flexibility index (Phi) is 4.87. The zero-order valence-corrected chi connectivity index (χ0v) is 17.9. The summed E-state index contributed by atoms with van der Waals surface area (Å²) in [5.41, 5.74) is 1.97. The summed E-state index contributed by atoms with van der Waals surface area (Å²) in [6, 6.07) is 6.17. The number of fused-ring (bicyclic) bond motifs is 1. The molecule has 152 valence electrons. The third-order valence-corrected chi connectivity index (χ3v) is 7.08. The van der Waals surface area contributed by atoms with Gasteiger partial charge in [-0.05, 0) is 44.9 Å². The third kappa shape index (κ3) is 3.81. The number of anilines is 1. The highest BCUT2D eigenvalue weighted by atomic mass is 32.1. The molecule has 0 unspecified atom stereocenters. The first-order valence-electron chi connectivity index (χ1n) is 10.5. The number of nitrogens with zero attached hydrogens (tertiary/aromatic N) is 5. The second-order valence-electron chi connectivity index (χ2n) is 8.45. The summed E-state index contributed by atoms with van der Waals surface area (Å²) in [5.74, 6) is 0.747. The fourth-order valence-corrected chi connectivity index (χ4v) is 5.12. The minimum atomic E-state index is 0.0384. The van der Waals surface area contributed by atoms with Gasteiger partial charge in [-0.2, -0.15) is 0 Å². The Morgan fingerprint density at radius 1 is 1.14 bits per heavy atom. The summed E-state index contributed by atoms with van der Waals surface area (Å²) in [6.07, 6.45) is 6.38. The van der Waals surface area contributed by atoms with Crippen LogP contribution < -0.4 is 10.5 Å². The number of benzene rings is 1. The molecule has 2 aliphatic rings. The number of hydrogen-bond acceptors (Lipinski definition) is 6. The van der Waals surface area contributed by atoms with Crippen molar-refractivity contribution in [2.45, 2.75) is 45.2 Å². The average Bonchev–Trinajstić information content (AvgIpc) is 3.47. The van der Waals surface area contributed by atoms with Crippen molar-refractivity contribution < 1.29 is 0 Å². The van der Waals surface area contributed by atoms with Crippen molar-refractivity contribution in [3.8, 4) is 0 Å². The molecular weight excluding hydrogens is 382 g/mol. The van der Waals surface area contributed by atoms with E-state index < -0.39 is 0 Å². The minimum Gasteiger partial charge on any atom is -0.369 e. The fourth-order valence-electron chi connectivity index (χ4n) is 3.99. The van der Waals surface area contributed by atoms with E-state index in [4.69, 9.17) is 0 Å². The van der Waals surface area contributed by atoms with E-state index in [1.807, 2.05) is 31.3 Å². The van der Waals surface area contributed by atoms with Crippen LogP contribution in [0, 0.1) is 0 Å². The number of hydrogen-bond donors (Lipinski definition) is 0. The van der Waals surface area contributed by atoms with E-state index >= 15 is 0 Å². The molecule has 6 nitrogen and oxygen atoms in total. The SMILES string of the molecule is CC(C)n1cnc2cc(N3CCN(Cc4cnc(C5CC5)s4)CC3)ccc2c1=O. The Balaban J connectivity index is 1.25. The lowest BCUT2D eigenvalue weighted by Gasteiger charge is -2.35. The molecular formula is C22H27N5OS. The molecule has 5 rings (SSSR count). The summed E-state index contributed by atoms with van der Waals surface area (Å²) < 4.78 is 1.69. The largest absolute Gasteiger partial charge is 0.369 e. The van der Waals surface area contributed by atoms with Crippen molar-refractivity contribution in [1.29, 1.82) is 0 Å². The summed E-state index contributed by atoms with van der Waals surface area (Å²) in [5, 5.41) is 2.03. The van der Waals surface area contributed by atoms with Gasteiger partial charge in [-0.25, -0.2) is 9.97 Å². The third-order valence-electron chi connectivity index (χ3n) is 5.94. The lowest BCUT2D eigenvalue weighted by Crippen LogP contribution is -2.45. The van der Waals surface area contributed by atoms with Crippen molar-refractivity contribution in [1.82, 2.24) is 19.4 Å². The molecule has 3 aromatic rings. The first-order valence-corrected chi connectivity index (χ1v) is 11.3. The van der Waals surface area contributed by atoms with Gasteiger partial charge in [0.25, 0.3) is 5.56 Å². The Morgan fingerprint density at radius 2 is 1.93 bits per heavy atom. The molecule has 0 N–H and O–H groups in total. The van der Waals surface area contributed by atoms with Gasteiger partial charge in [0.05, 0.1) is 22.2 Å². The first kappa shape index (κ1) is 18.8. The molecule has 1 aromatic carbocycles. The van der Waals surface area contributed by atoms with E-state index in [-0.39, 0.29) is 11.6 Å². The number of aromatic nitrogens is 3. The van der Waals surface area contributed by atoms with Crippen molar-refractivity contribution in [3.63, 3.8) is 0 Å². The number of thiazole rings is 1. The van der Waals surface area contributed by atoms with Gasteiger partial charge < -0.3 is 4.90 Å². The molecule has 0 atom stereocenters. The highest BCUT2D eigenvalue weighted by Crippen LogP contribution is 2.41. The zero-order chi connectivity index (χ0) is 20.0. The van der Waals surface area contributed by atoms with Crippen molar-refractivity contribution >= 4 is 27.9 Å². The van der Waals surface area contributed by atoms with Crippen LogP contribution in [0.2, 0.25) is 0 Å². The van der Waals surface area contributed by atoms with Crippen LogP contribution in [0.3, 0.4) is 0 Å². The molecule has 2 fully saturated rings. The van der Waals surface area contributed by atoms with Crippen LogP contribution in [-0.4, -0.2) is 45.6 Å². The van der Waals surface area contributed by atoms with E-state index in [1.54, 1.807) is 10.9 Å². The number of rotatable bonds is 5. The Bertz CT molecular complexity index is 1080. The smallest absolute Gasteiger partial charge is 0.261 e. The van der Waals surface area contributed by atoms with Crippen LogP contribution >= 0.6 is 11.3 Å². The maximum Gasteiger partial charge on any atom is 0.261 e. The normalized spacial score (nSPS) is 18.1. The van der Waals surface area contributed by atoms with E-state index in [1.165, 1.54) is 22.7 Å². The van der Waals surface area contributed by atoms with E-state index in [0.717, 1.165) is 49.8 Å². The predicted molar refractivity (Wildman–Crippen MR) is 118 cm³/mol. The van der Waals surface area contributed by atoms with Gasteiger partial charge in [-0.1, -0.05) is 0 Å². The van der Waals surface area contributed by atoms with E-state index in [9.17, 15) is 4.79 Å². The van der Waals surface area contributed by atoms with Gasteiger partial charge >= 0.3 is 0 Å². The Hall–Kier alpha value is -2.25. The van der Waals surface area contributed by atoms with Crippen molar-refractivity contribution in [2.24, 2.45) is 0 Å². The van der Waals surface area contributed by atoms with E-state index in [2.05, 4.69) is 38.1 Å². The highest BCUT2D eigenvalue weighted by Gasteiger charge is 2.27. The summed E-state index contributed by atoms with van der Waals surface area (Å²) in [6.45, 7) is 9.07. The van der Waals surface area contributed by atoms with Crippen LogP contribution in [0.15, 0.2) is 35.5 Å². The molecule has 0 amide bonds. The summed E-state index contributed by atoms with van der Waals surface area (Å²) >= 11 is 1.89. The zero-order valence-electron chi connectivity index (χ0n) is 17.0. The first-order chi connectivity index (χ1) is 14.1. The molecule has 0 bridgehead atoms. The van der Waals surface area contributed by atoms with Gasteiger partial charge in [0.1, 0.15) is 0 Å². The molecule has 1 aliphatic carbocycles. The molecule has 3 heterocycles. The molecule has 7 heteroatoms. The molecule has 0 radical (unpaired) electrons. The topological polar surface area (TPSA) is 54.3 Å². The lowest BCUT2D eigenvalue weighted by atomic mass is 10.2. The lowest BCUT2D eigenvalue weighted by molar-refractivity contribution is 0.252. The van der Waals surface area contributed by atoms with Crippen LogP contribution in [-0.2, 0) is 6.54 Å². The Morgan fingerprint density at radius 3 is 2.66 bits per heavy atom. The molecule has 2 aromatic heterocycles. The van der Waals surface area contributed by atoms with Crippen molar-refractivity contribution in [3.05, 3.63) is 51.0 Å². The quantitative estimate of drug-likeness (QED) is 0.644. The highest BCUT2D eigenvalue weighted by molar-refractivity contribution is 7.11. The standard InChI is InChI=1S/C22H27N5OS/c1-15(2)27-14-24-20-11-17(5-6-19(20)22(27)28)26-9-7-25(8-10-26)13-18-12-23-21(29-18)16-3-4-16/h5-6,11-12,14-16H,3-4,7-10,13H2,1-2H3. The second kappa shape index (κ2) is 7.54. The maximum atomic E-state index is 12.6. The maximum absolute atomic E-state index is 12.6. The van der Waals surface area contributed by atoms with Gasteiger partial charge in [0, 0.05) is 61.4 Å².